The zero-order chi connectivity index (χ0) is 33.5. The predicted molar refractivity (Wildman–Crippen MR) is 189 cm³/mol. The van der Waals surface area contributed by atoms with Crippen molar-refractivity contribution in [1.82, 2.24) is 5.32 Å². The summed E-state index contributed by atoms with van der Waals surface area (Å²) in [5, 5.41) is 5.05. The summed E-state index contributed by atoms with van der Waals surface area (Å²) in [6.07, 6.45) is 1.71. The highest BCUT2D eigenvalue weighted by molar-refractivity contribution is 8.00. The minimum absolute atomic E-state index is 0.0726. The van der Waals surface area contributed by atoms with E-state index >= 15 is 0 Å². The number of hydrogen-bond donors (Lipinski definition) is 2. The van der Waals surface area contributed by atoms with E-state index < -0.39 is 17.1 Å². The summed E-state index contributed by atoms with van der Waals surface area (Å²) in [6, 6.07) is 40.1. The second-order valence-corrected chi connectivity index (χ2v) is 12.2. The van der Waals surface area contributed by atoms with Gasteiger partial charge >= 0.3 is 0 Å². The molecule has 0 spiro atoms. The van der Waals surface area contributed by atoms with Gasteiger partial charge in [-0.05, 0) is 83.4 Å². The number of rotatable bonds is 10. The van der Waals surface area contributed by atoms with Crippen LogP contribution in [0.25, 0.3) is 17.2 Å². The molecule has 1 atom stereocenters. The molecule has 9 heteroatoms. The van der Waals surface area contributed by atoms with Crippen molar-refractivity contribution in [2.24, 2.45) is 0 Å². The van der Waals surface area contributed by atoms with Gasteiger partial charge in [0.1, 0.15) is 11.4 Å². The molecule has 5 aromatic carbocycles. The lowest BCUT2D eigenvalue weighted by atomic mass is 10.0. The SMILES string of the molecule is COc1ccc(N2C(=O)CC(Sc3ccc(NC(=O)/C(=C/c4ccc(-c5ccccc5)cc4)NC(=O)c4ccccc4)cc3)C2=O)cc1. The predicted octanol–water partition coefficient (Wildman–Crippen LogP) is 7.20. The van der Waals surface area contributed by atoms with Crippen LogP contribution in [0.1, 0.15) is 22.3 Å². The Balaban J connectivity index is 1.15. The fourth-order valence-electron chi connectivity index (χ4n) is 5.19. The molecule has 8 nitrogen and oxygen atoms in total. The van der Waals surface area contributed by atoms with Crippen molar-refractivity contribution in [1.29, 1.82) is 0 Å². The molecule has 4 amide bonds. The zero-order valence-electron chi connectivity index (χ0n) is 26.0. The van der Waals surface area contributed by atoms with Crippen LogP contribution in [0.5, 0.6) is 5.75 Å². The minimum Gasteiger partial charge on any atom is -0.497 e. The maximum Gasteiger partial charge on any atom is 0.272 e. The van der Waals surface area contributed by atoms with Crippen LogP contribution in [0, 0.1) is 0 Å². The first kappa shape index (κ1) is 32.0. The van der Waals surface area contributed by atoms with E-state index in [1.807, 2.05) is 60.7 Å². The van der Waals surface area contributed by atoms with Crippen LogP contribution in [-0.2, 0) is 14.4 Å². The number of benzene rings is 5. The van der Waals surface area contributed by atoms with Crippen molar-refractivity contribution in [2.45, 2.75) is 16.6 Å². The van der Waals surface area contributed by atoms with Crippen LogP contribution >= 0.6 is 11.8 Å². The molecule has 0 bridgehead atoms. The Hall–Kier alpha value is -5.93. The van der Waals surface area contributed by atoms with Crippen LogP contribution in [0.2, 0.25) is 0 Å². The van der Waals surface area contributed by atoms with Crippen molar-refractivity contribution >= 4 is 52.8 Å². The highest BCUT2D eigenvalue weighted by atomic mass is 32.2. The van der Waals surface area contributed by atoms with E-state index in [0.717, 1.165) is 21.6 Å². The minimum atomic E-state index is -0.573. The van der Waals surface area contributed by atoms with Crippen LogP contribution in [0.15, 0.2) is 144 Å². The van der Waals surface area contributed by atoms with Crippen LogP contribution in [0.3, 0.4) is 0 Å². The summed E-state index contributed by atoms with van der Waals surface area (Å²) in [6.45, 7) is 0. The molecular formula is C39H31N3O5S. The standard InChI is InChI=1S/C39H31N3O5S/c1-47-32-20-18-31(19-21-32)42-36(43)25-35(39(42)46)48-33-22-16-30(17-23-33)40-38(45)34(41-37(44)29-10-6-3-7-11-29)24-26-12-14-28(15-13-26)27-8-4-2-5-9-27/h2-24,35H,25H2,1H3,(H,40,45)(H,41,44)/b34-24-. The third kappa shape index (κ3) is 7.54. The number of amides is 4. The van der Waals surface area contributed by atoms with Crippen LogP contribution in [0.4, 0.5) is 11.4 Å². The number of anilines is 2. The lowest BCUT2D eigenvalue weighted by Gasteiger charge is -2.15. The Morgan fingerprint density at radius 2 is 1.40 bits per heavy atom. The maximum atomic E-state index is 13.5. The van der Waals surface area contributed by atoms with E-state index in [1.165, 1.54) is 16.7 Å². The van der Waals surface area contributed by atoms with E-state index in [2.05, 4.69) is 10.6 Å². The van der Waals surface area contributed by atoms with Gasteiger partial charge in [-0.15, -0.1) is 11.8 Å². The Morgan fingerprint density at radius 1 is 0.771 bits per heavy atom. The Morgan fingerprint density at radius 3 is 2.04 bits per heavy atom. The number of nitrogens with one attached hydrogen (secondary N) is 2. The first-order valence-electron chi connectivity index (χ1n) is 15.2. The number of thioether (sulfide) groups is 1. The number of methoxy groups -OCH3 is 1. The highest BCUT2D eigenvalue weighted by Gasteiger charge is 2.40. The number of hydrogen-bond acceptors (Lipinski definition) is 6. The van der Waals surface area contributed by atoms with Gasteiger partial charge in [0.15, 0.2) is 0 Å². The highest BCUT2D eigenvalue weighted by Crippen LogP contribution is 2.35. The molecule has 1 aliphatic rings. The Labute approximate surface area is 282 Å². The quantitative estimate of drug-likeness (QED) is 0.122. The monoisotopic (exact) mass is 653 g/mol. The molecule has 0 saturated carbocycles. The molecule has 48 heavy (non-hydrogen) atoms. The lowest BCUT2D eigenvalue weighted by Crippen LogP contribution is -2.31. The topological polar surface area (TPSA) is 105 Å². The van der Waals surface area contributed by atoms with E-state index in [1.54, 1.807) is 86.0 Å². The van der Waals surface area contributed by atoms with Crippen molar-refractivity contribution < 1.29 is 23.9 Å². The average molecular weight is 654 g/mol. The summed E-state index contributed by atoms with van der Waals surface area (Å²) in [4.78, 5) is 54.4. The second-order valence-electron chi connectivity index (χ2n) is 10.9. The Kier molecular flexibility index (Phi) is 9.78. The van der Waals surface area contributed by atoms with Gasteiger partial charge < -0.3 is 15.4 Å². The molecular weight excluding hydrogens is 623 g/mol. The van der Waals surface area contributed by atoms with Gasteiger partial charge in [0.25, 0.3) is 11.8 Å². The molecule has 6 rings (SSSR count). The summed E-state index contributed by atoms with van der Waals surface area (Å²) in [5.41, 5.74) is 4.33. The number of carbonyl (C=O) groups excluding carboxylic acids is 4. The summed E-state index contributed by atoms with van der Waals surface area (Å²) < 4.78 is 5.17. The second kappa shape index (κ2) is 14.7. The van der Waals surface area contributed by atoms with Gasteiger partial charge in [0.2, 0.25) is 11.8 Å². The molecule has 0 radical (unpaired) electrons. The van der Waals surface area contributed by atoms with Crippen molar-refractivity contribution in [3.05, 3.63) is 150 Å². The molecule has 1 heterocycles. The Bertz CT molecular complexity index is 1960. The van der Waals surface area contributed by atoms with Gasteiger partial charge in [-0.25, -0.2) is 4.90 Å². The van der Waals surface area contributed by atoms with E-state index in [4.69, 9.17) is 4.74 Å². The maximum absolute atomic E-state index is 13.5. The normalized spacial score (nSPS) is 14.5. The average Bonchev–Trinajstić information content (AvgIpc) is 3.41. The van der Waals surface area contributed by atoms with Gasteiger partial charge in [-0.3, -0.25) is 19.2 Å². The zero-order valence-corrected chi connectivity index (χ0v) is 26.8. The fourth-order valence-corrected chi connectivity index (χ4v) is 6.24. The van der Waals surface area contributed by atoms with Crippen molar-refractivity contribution in [3.8, 4) is 16.9 Å². The van der Waals surface area contributed by atoms with Crippen molar-refractivity contribution in [2.75, 3.05) is 17.3 Å². The third-order valence-electron chi connectivity index (χ3n) is 7.68. The molecule has 5 aromatic rings. The van der Waals surface area contributed by atoms with E-state index in [0.29, 0.717) is 22.7 Å². The summed E-state index contributed by atoms with van der Waals surface area (Å²) >= 11 is 1.29. The number of imide groups is 1. The first-order valence-corrected chi connectivity index (χ1v) is 16.1. The molecule has 1 unspecified atom stereocenters. The third-order valence-corrected chi connectivity index (χ3v) is 8.88. The van der Waals surface area contributed by atoms with Gasteiger partial charge in [0, 0.05) is 22.6 Å². The molecule has 1 aliphatic heterocycles. The lowest BCUT2D eigenvalue weighted by molar-refractivity contribution is -0.121. The molecule has 1 saturated heterocycles. The largest absolute Gasteiger partial charge is 0.497 e. The number of ether oxygens (including phenoxy) is 1. The molecule has 0 aromatic heterocycles. The van der Waals surface area contributed by atoms with E-state index in [-0.39, 0.29) is 23.9 Å². The summed E-state index contributed by atoms with van der Waals surface area (Å²) in [5.74, 6) is -0.830. The van der Waals surface area contributed by atoms with Gasteiger partial charge in [0.05, 0.1) is 18.0 Å². The number of carbonyl (C=O) groups is 4. The molecule has 1 fully saturated rings. The smallest absolute Gasteiger partial charge is 0.272 e. The molecule has 0 aliphatic carbocycles. The summed E-state index contributed by atoms with van der Waals surface area (Å²) in [7, 11) is 1.55. The molecule has 2 N–H and O–H groups in total. The van der Waals surface area contributed by atoms with Crippen molar-refractivity contribution in [3.63, 3.8) is 0 Å². The van der Waals surface area contributed by atoms with Gasteiger partial charge in [-0.2, -0.15) is 0 Å². The fraction of sp³-hybridized carbons (Fsp3) is 0.0769. The van der Waals surface area contributed by atoms with Gasteiger partial charge in [-0.1, -0.05) is 72.8 Å². The molecule has 238 valence electrons. The van der Waals surface area contributed by atoms with Crippen LogP contribution < -0.4 is 20.3 Å². The van der Waals surface area contributed by atoms with Crippen LogP contribution in [-0.4, -0.2) is 36.0 Å². The van der Waals surface area contributed by atoms with E-state index in [9.17, 15) is 19.2 Å². The first-order chi connectivity index (χ1) is 23.4. The number of nitrogens with zero attached hydrogens (tertiary/aromatic N) is 1.